The van der Waals surface area contributed by atoms with Gasteiger partial charge in [0.05, 0.1) is 0 Å². The van der Waals surface area contributed by atoms with E-state index in [0.29, 0.717) is 12.8 Å². The molecule has 0 aromatic rings. The van der Waals surface area contributed by atoms with Crippen LogP contribution in [0.3, 0.4) is 0 Å². The summed E-state index contributed by atoms with van der Waals surface area (Å²) in [6.45, 7) is 0.192. The number of carboxylic acids is 1. The number of carboxylic acid groups (broad SMARTS) is 1. The van der Waals surface area contributed by atoms with E-state index in [1.54, 1.807) is 7.11 Å². The van der Waals surface area contributed by atoms with Crippen LogP contribution in [0.25, 0.3) is 0 Å². The second-order valence-electron chi connectivity index (χ2n) is 3.89. The molecule has 1 rings (SSSR count). The Morgan fingerprint density at radius 3 is 2.88 bits per heavy atom. The van der Waals surface area contributed by atoms with Crippen LogP contribution >= 0.6 is 8.70 Å². The van der Waals surface area contributed by atoms with E-state index in [4.69, 9.17) is 14.6 Å². The minimum atomic E-state index is -0.781. The third-order valence-corrected chi connectivity index (χ3v) is 2.83. The fraction of sp³-hybridized carbons (Fsp3) is 0.800. The molecular weight excluding hydrogens is 229 g/mol. The predicted molar refractivity (Wildman–Crippen MR) is 59.5 cm³/mol. The van der Waals surface area contributed by atoms with Crippen molar-refractivity contribution in [1.82, 2.24) is 5.32 Å². The molecule has 0 aromatic heterocycles. The summed E-state index contributed by atoms with van der Waals surface area (Å²) in [5.41, 5.74) is 0. The Kier molecular flexibility index (Phi) is 5.96. The monoisotopic (exact) mass is 245 g/mol. The van der Waals surface area contributed by atoms with Gasteiger partial charge in [0.2, 0.25) is 0 Å². The molecule has 6 heteroatoms. The van der Waals surface area contributed by atoms with Gasteiger partial charge in [-0.1, -0.05) is 0 Å². The first-order valence-electron chi connectivity index (χ1n) is 5.15. The maximum absolute atomic E-state index is 11.0. The Morgan fingerprint density at radius 2 is 2.31 bits per heavy atom. The van der Waals surface area contributed by atoms with Crippen LogP contribution < -0.4 is 5.32 Å². The first-order valence-corrected chi connectivity index (χ1v) is 5.60. The first kappa shape index (κ1) is 13.6. The standard InChI is InChI=1S/C10H16NO4P/c1-14-6-15-9-3-7(10(12)13)2-8(4-9)11-5-16/h7-9,11H,2-4,6H2,1H3,(H,12,13)/t7-,8+,9-/m1/s1. The van der Waals surface area contributed by atoms with E-state index in [9.17, 15) is 4.79 Å². The number of aliphatic carboxylic acids is 1. The molecule has 0 aromatic carbocycles. The van der Waals surface area contributed by atoms with E-state index in [-0.39, 0.29) is 24.9 Å². The molecule has 16 heavy (non-hydrogen) atoms. The van der Waals surface area contributed by atoms with Gasteiger partial charge in [-0.25, -0.2) is 0 Å². The van der Waals surface area contributed by atoms with Crippen molar-refractivity contribution in [3.05, 3.63) is 0 Å². The van der Waals surface area contributed by atoms with Crippen LogP contribution in [0.15, 0.2) is 0 Å². The molecule has 3 atom stereocenters. The van der Waals surface area contributed by atoms with Gasteiger partial charge in [-0.3, -0.25) is 0 Å². The number of methoxy groups -OCH3 is 1. The number of rotatable bonds is 5. The van der Waals surface area contributed by atoms with Crippen molar-refractivity contribution in [1.29, 1.82) is 0 Å². The summed E-state index contributed by atoms with van der Waals surface area (Å²) in [5.74, 6) is 1.38. The number of nitrogens with one attached hydrogen (secondary N) is 1. The molecular formula is C10H16NO4P. The summed E-state index contributed by atoms with van der Waals surface area (Å²) in [5, 5.41) is 11.9. The molecule has 5 nitrogen and oxygen atoms in total. The van der Waals surface area contributed by atoms with Gasteiger partial charge in [0.25, 0.3) is 0 Å². The van der Waals surface area contributed by atoms with Crippen LogP contribution in [-0.4, -0.2) is 37.1 Å². The molecule has 0 unspecified atom stereocenters. The van der Waals surface area contributed by atoms with Gasteiger partial charge in [0, 0.05) is 0 Å². The molecule has 0 amide bonds. The SMILES string of the molecule is COCO[C@H]1C[C@@H](NC#P)C[C@@H](C(=O)O)C1. The van der Waals surface area contributed by atoms with Gasteiger partial charge in [0.15, 0.2) is 0 Å². The van der Waals surface area contributed by atoms with Crippen molar-refractivity contribution < 1.29 is 19.4 Å². The summed E-state index contributed by atoms with van der Waals surface area (Å²) in [7, 11) is 5.38. The van der Waals surface area contributed by atoms with Crippen molar-refractivity contribution >= 4 is 14.7 Å². The molecule has 0 bridgehead atoms. The molecule has 0 aliphatic heterocycles. The molecule has 0 spiro atoms. The minimum absolute atomic E-state index is 0.0502. The van der Waals surface area contributed by atoms with Gasteiger partial charge < -0.3 is 0 Å². The fourth-order valence-corrected chi connectivity index (χ4v) is 2.16. The molecule has 0 saturated heterocycles. The molecule has 2 N–H and O–H groups in total. The third kappa shape index (κ3) is 4.20. The summed E-state index contributed by atoms with van der Waals surface area (Å²) < 4.78 is 10.2. The molecule has 0 radical (unpaired) electrons. The summed E-state index contributed by atoms with van der Waals surface area (Å²) in [4.78, 5) is 11.0. The Hall–Kier alpha value is -0.440. The van der Waals surface area contributed by atoms with Gasteiger partial charge in [-0.15, -0.1) is 0 Å². The summed E-state index contributed by atoms with van der Waals surface area (Å²) in [6, 6.07) is 0.0502. The quantitative estimate of drug-likeness (QED) is 0.432. The predicted octanol–water partition coefficient (Wildman–Crippen LogP) is 1.15. The zero-order valence-corrected chi connectivity index (χ0v) is 10.1. The van der Waals surface area contributed by atoms with Gasteiger partial charge >= 0.3 is 96.3 Å². The average Bonchev–Trinajstić information content (AvgIpc) is 2.26. The number of ether oxygens (including phenoxy) is 2. The molecule has 0 heterocycles. The molecule has 1 aliphatic rings. The number of carbonyl (C=O) groups is 1. The number of hydrogen-bond donors (Lipinski definition) is 2. The summed E-state index contributed by atoms with van der Waals surface area (Å²) >= 11 is 0. The van der Waals surface area contributed by atoms with Crippen molar-refractivity contribution in [2.45, 2.75) is 31.4 Å². The van der Waals surface area contributed by atoms with Crippen LogP contribution in [0.1, 0.15) is 19.3 Å². The second kappa shape index (κ2) is 7.00. The van der Waals surface area contributed by atoms with Gasteiger partial charge in [-0.2, -0.15) is 0 Å². The molecule has 90 valence electrons. The maximum atomic E-state index is 11.0. The third-order valence-electron chi connectivity index (χ3n) is 2.70. The van der Waals surface area contributed by atoms with Crippen LogP contribution in [0.4, 0.5) is 0 Å². The van der Waals surface area contributed by atoms with E-state index < -0.39 is 5.97 Å². The Bertz CT molecular complexity index is 278. The topological polar surface area (TPSA) is 67.8 Å². The van der Waals surface area contributed by atoms with Gasteiger partial charge in [0.1, 0.15) is 0 Å². The van der Waals surface area contributed by atoms with Crippen molar-refractivity contribution in [2.24, 2.45) is 5.92 Å². The molecule has 1 aliphatic carbocycles. The van der Waals surface area contributed by atoms with E-state index >= 15 is 0 Å². The van der Waals surface area contributed by atoms with E-state index in [0.717, 1.165) is 6.42 Å². The molecule has 1 fully saturated rings. The van der Waals surface area contributed by atoms with Crippen LogP contribution in [-0.2, 0) is 14.3 Å². The summed E-state index contributed by atoms with van der Waals surface area (Å²) in [6.07, 6.45) is 1.77. The number of hydrogen-bond acceptors (Lipinski definition) is 4. The van der Waals surface area contributed by atoms with Crippen molar-refractivity contribution in [3.63, 3.8) is 0 Å². The van der Waals surface area contributed by atoms with Crippen LogP contribution in [0.2, 0.25) is 0 Å². The van der Waals surface area contributed by atoms with E-state index in [1.807, 2.05) is 0 Å². The fourth-order valence-electron chi connectivity index (χ4n) is 1.98. The van der Waals surface area contributed by atoms with Gasteiger partial charge in [-0.05, 0) is 0 Å². The Morgan fingerprint density at radius 1 is 1.56 bits per heavy atom. The normalized spacial score (nSPS) is 29.6. The average molecular weight is 245 g/mol. The Balaban J connectivity index is 2.52. The van der Waals surface area contributed by atoms with Crippen LogP contribution in [0.5, 0.6) is 0 Å². The molecule has 1 saturated carbocycles. The zero-order valence-electron chi connectivity index (χ0n) is 9.18. The van der Waals surface area contributed by atoms with Crippen LogP contribution in [0, 0.1) is 11.7 Å². The second-order valence-corrected chi connectivity index (χ2v) is 4.11. The Labute approximate surface area is 97.0 Å². The first-order chi connectivity index (χ1) is 7.67. The van der Waals surface area contributed by atoms with Crippen molar-refractivity contribution in [2.75, 3.05) is 13.9 Å². The van der Waals surface area contributed by atoms with Crippen molar-refractivity contribution in [3.8, 4) is 5.75 Å². The zero-order chi connectivity index (χ0) is 12.0. The van der Waals surface area contributed by atoms with E-state index in [1.165, 1.54) is 0 Å². The van der Waals surface area contributed by atoms with E-state index in [2.05, 4.69) is 19.8 Å².